The molecule has 2 nitrogen and oxygen atoms in total. The van der Waals surface area contributed by atoms with E-state index in [9.17, 15) is 4.39 Å². The Kier molecular flexibility index (Phi) is 5.61. The van der Waals surface area contributed by atoms with Crippen LogP contribution in [0.25, 0.3) is 22.0 Å². The minimum atomic E-state index is -0.169. The fraction of sp³-hybridized carbons (Fsp3) is 0.286. The SMILES string of the molecule is C=C(c1cccc2ccccc12)N1CCC(CN2CC=C(c3ccc(F)cc3)CC2)C1. The van der Waals surface area contributed by atoms with E-state index in [1.807, 2.05) is 12.1 Å². The second-order valence-corrected chi connectivity index (χ2v) is 8.82. The standard InChI is InChI=1S/C28H29FN2/c1-21(27-8-4-6-25-5-2-3-7-28(25)27)31-18-13-22(20-31)19-30-16-14-24(15-17-30)23-9-11-26(29)12-10-23/h2-12,14,22H,1,13,15-20H2. The van der Waals surface area contributed by atoms with Crippen molar-refractivity contribution in [2.24, 2.45) is 5.92 Å². The highest BCUT2D eigenvalue weighted by molar-refractivity contribution is 5.93. The van der Waals surface area contributed by atoms with Crippen LogP contribution in [-0.2, 0) is 0 Å². The van der Waals surface area contributed by atoms with Gasteiger partial charge in [-0.1, -0.05) is 67.3 Å². The summed E-state index contributed by atoms with van der Waals surface area (Å²) in [6.45, 7) is 9.81. The average Bonchev–Trinajstić information content (AvgIpc) is 3.28. The lowest BCUT2D eigenvalue weighted by Gasteiger charge is -2.29. The number of rotatable bonds is 5. The molecule has 2 aliphatic rings. The quantitative estimate of drug-likeness (QED) is 0.502. The molecule has 0 radical (unpaired) electrons. The van der Waals surface area contributed by atoms with Gasteiger partial charge in [0, 0.05) is 44.0 Å². The van der Waals surface area contributed by atoms with Crippen LogP contribution in [-0.4, -0.2) is 42.5 Å². The lowest BCUT2D eigenvalue weighted by Crippen LogP contribution is -2.34. The zero-order valence-corrected chi connectivity index (χ0v) is 17.9. The predicted octanol–water partition coefficient (Wildman–Crippen LogP) is 6.06. The van der Waals surface area contributed by atoms with Crippen molar-refractivity contribution < 1.29 is 4.39 Å². The van der Waals surface area contributed by atoms with E-state index >= 15 is 0 Å². The molecule has 31 heavy (non-hydrogen) atoms. The third kappa shape index (κ3) is 4.28. The summed E-state index contributed by atoms with van der Waals surface area (Å²) in [6, 6.07) is 22.0. The van der Waals surface area contributed by atoms with E-state index in [2.05, 4.69) is 64.9 Å². The minimum Gasteiger partial charge on any atom is -0.371 e. The molecule has 1 fully saturated rings. The first-order chi connectivity index (χ1) is 15.2. The van der Waals surface area contributed by atoms with Crippen LogP contribution in [0.1, 0.15) is 24.0 Å². The Balaban J connectivity index is 1.20. The number of hydrogen-bond acceptors (Lipinski definition) is 2. The average molecular weight is 413 g/mol. The number of fused-ring (bicyclic) bond motifs is 1. The largest absolute Gasteiger partial charge is 0.371 e. The Morgan fingerprint density at radius 1 is 0.968 bits per heavy atom. The van der Waals surface area contributed by atoms with Gasteiger partial charge in [-0.15, -0.1) is 0 Å². The molecule has 0 N–H and O–H groups in total. The van der Waals surface area contributed by atoms with Crippen LogP contribution >= 0.6 is 0 Å². The van der Waals surface area contributed by atoms with Gasteiger partial charge in [-0.3, -0.25) is 4.90 Å². The smallest absolute Gasteiger partial charge is 0.123 e. The molecule has 0 saturated carbocycles. The van der Waals surface area contributed by atoms with Crippen molar-refractivity contribution in [3.05, 3.63) is 96.3 Å². The molecule has 2 heterocycles. The lowest BCUT2D eigenvalue weighted by molar-refractivity contribution is 0.254. The number of nitrogens with zero attached hydrogens (tertiary/aromatic N) is 2. The zero-order valence-electron chi connectivity index (χ0n) is 17.9. The van der Waals surface area contributed by atoms with Crippen molar-refractivity contribution in [2.75, 3.05) is 32.7 Å². The van der Waals surface area contributed by atoms with Crippen molar-refractivity contribution in [2.45, 2.75) is 12.8 Å². The fourth-order valence-electron chi connectivity index (χ4n) is 5.04. The predicted molar refractivity (Wildman–Crippen MR) is 128 cm³/mol. The van der Waals surface area contributed by atoms with Crippen molar-refractivity contribution in [1.29, 1.82) is 0 Å². The van der Waals surface area contributed by atoms with Crippen LogP contribution in [0.4, 0.5) is 4.39 Å². The Bertz CT molecular complexity index is 1110. The maximum absolute atomic E-state index is 13.2. The number of hydrogen-bond donors (Lipinski definition) is 0. The summed E-state index contributed by atoms with van der Waals surface area (Å²) in [5, 5.41) is 2.56. The van der Waals surface area contributed by atoms with E-state index in [4.69, 9.17) is 0 Å². The van der Waals surface area contributed by atoms with Gasteiger partial charge in [-0.05, 0) is 52.8 Å². The van der Waals surface area contributed by atoms with Gasteiger partial charge in [0.15, 0.2) is 0 Å². The molecule has 3 aromatic carbocycles. The Morgan fingerprint density at radius 2 is 1.77 bits per heavy atom. The monoisotopic (exact) mass is 412 g/mol. The second-order valence-electron chi connectivity index (χ2n) is 8.82. The third-order valence-corrected chi connectivity index (χ3v) is 6.79. The van der Waals surface area contributed by atoms with Gasteiger partial charge in [-0.2, -0.15) is 0 Å². The summed E-state index contributed by atoms with van der Waals surface area (Å²) in [4.78, 5) is 5.03. The molecule has 0 bridgehead atoms. The Labute approximate surface area is 184 Å². The molecule has 0 aromatic heterocycles. The van der Waals surface area contributed by atoms with Crippen LogP contribution < -0.4 is 0 Å². The van der Waals surface area contributed by atoms with Gasteiger partial charge in [0.05, 0.1) is 0 Å². The highest BCUT2D eigenvalue weighted by Gasteiger charge is 2.26. The topological polar surface area (TPSA) is 6.48 Å². The van der Waals surface area contributed by atoms with Crippen LogP contribution in [0.15, 0.2) is 79.4 Å². The molecule has 5 rings (SSSR count). The van der Waals surface area contributed by atoms with Crippen LogP contribution in [0.5, 0.6) is 0 Å². The Morgan fingerprint density at radius 3 is 2.58 bits per heavy atom. The Hall–Kier alpha value is -2.91. The molecular formula is C28H29FN2. The van der Waals surface area contributed by atoms with Gasteiger partial charge in [-0.25, -0.2) is 4.39 Å². The van der Waals surface area contributed by atoms with Crippen molar-refractivity contribution >= 4 is 22.0 Å². The third-order valence-electron chi connectivity index (χ3n) is 6.79. The van der Waals surface area contributed by atoms with Crippen molar-refractivity contribution in [3.63, 3.8) is 0 Å². The van der Waals surface area contributed by atoms with E-state index in [1.54, 1.807) is 12.1 Å². The maximum Gasteiger partial charge on any atom is 0.123 e. The summed E-state index contributed by atoms with van der Waals surface area (Å²) in [5.41, 5.74) is 4.90. The lowest BCUT2D eigenvalue weighted by atomic mass is 9.98. The highest BCUT2D eigenvalue weighted by atomic mass is 19.1. The summed E-state index contributed by atoms with van der Waals surface area (Å²) < 4.78 is 13.2. The molecule has 0 spiro atoms. The number of halogens is 1. The van der Waals surface area contributed by atoms with E-state index in [1.165, 1.54) is 28.3 Å². The first-order valence-electron chi connectivity index (χ1n) is 11.3. The van der Waals surface area contributed by atoms with Gasteiger partial charge < -0.3 is 4.90 Å². The normalized spacial score (nSPS) is 19.6. The summed E-state index contributed by atoms with van der Waals surface area (Å²) in [6.07, 6.45) is 4.57. The molecule has 1 atom stereocenters. The van der Waals surface area contributed by atoms with Crippen molar-refractivity contribution in [1.82, 2.24) is 9.80 Å². The molecule has 3 aromatic rings. The fourth-order valence-corrected chi connectivity index (χ4v) is 5.04. The second kappa shape index (κ2) is 8.68. The number of likely N-dealkylation sites (tertiary alicyclic amines) is 1. The molecule has 158 valence electrons. The first-order valence-corrected chi connectivity index (χ1v) is 11.3. The zero-order chi connectivity index (χ0) is 21.2. The molecular weight excluding hydrogens is 383 g/mol. The molecule has 0 amide bonds. The molecule has 2 aliphatic heterocycles. The van der Waals surface area contributed by atoms with Gasteiger partial charge in [0.25, 0.3) is 0 Å². The van der Waals surface area contributed by atoms with E-state index < -0.39 is 0 Å². The van der Waals surface area contributed by atoms with Gasteiger partial charge in [0.1, 0.15) is 5.82 Å². The van der Waals surface area contributed by atoms with Gasteiger partial charge in [0.2, 0.25) is 0 Å². The summed E-state index contributed by atoms with van der Waals surface area (Å²) >= 11 is 0. The minimum absolute atomic E-state index is 0.169. The van der Waals surface area contributed by atoms with Crippen molar-refractivity contribution in [3.8, 4) is 0 Å². The molecule has 1 saturated heterocycles. The van der Waals surface area contributed by atoms with Crippen LogP contribution in [0.3, 0.4) is 0 Å². The summed E-state index contributed by atoms with van der Waals surface area (Å²) in [7, 11) is 0. The highest BCUT2D eigenvalue weighted by Crippen LogP contribution is 2.31. The van der Waals surface area contributed by atoms with Gasteiger partial charge >= 0.3 is 0 Å². The van der Waals surface area contributed by atoms with E-state index in [-0.39, 0.29) is 5.82 Å². The van der Waals surface area contributed by atoms with Crippen LogP contribution in [0, 0.1) is 11.7 Å². The van der Waals surface area contributed by atoms with Crippen LogP contribution in [0.2, 0.25) is 0 Å². The number of benzene rings is 3. The summed E-state index contributed by atoms with van der Waals surface area (Å²) in [5.74, 6) is 0.505. The molecule has 0 aliphatic carbocycles. The maximum atomic E-state index is 13.2. The molecule has 3 heteroatoms. The van der Waals surface area contributed by atoms with E-state index in [0.29, 0.717) is 5.92 Å². The molecule has 1 unspecified atom stereocenters. The van der Waals surface area contributed by atoms with E-state index in [0.717, 1.165) is 50.4 Å². The first kappa shape index (κ1) is 20.0.